The van der Waals surface area contributed by atoms with Crippen LogP contribution in [0.25, 0.3) is 0 Å². The van der Waals surface area contributed by atoms with E-state index in [0.717, 1.165) is 29.9 Å². The van der Waals surface area contributed by atoms with Crippen molar-refractivity contribution < 1.29 is 4.79 Å². The molecule has 0 bridgehead atoms. The molecule has 6 heteroatoms. The number of carbonyl (C=O) groups is 1. The summed E-state index contributed by atoms with van der Waals surface area (Å²) in [6.07, 6.45) is 4.87. The van der Waals surface area contributed by atoms with Gasteiger partial charge in [-0.3, -0.25) is 15.1 Å². The molecule has 2 N–H and O–H groups in total. The highest BCUT2D eigenvalue weighted by atomic mass is 32.1. The van der Waals surface area contributed by atoms with Gasteiger partial charge in [0.25, 0.3) is 5.91 Å². The molecule has 0 aromatic carbocycles. The van der Waals surface area contributed by atoms with Crippen LogP contribution >= 0.6 is 11.3 Å². The van der Waals surface area contributed by atoms with Crippen LogP contribution in [0.2, 0.25) is 0 Å². The van der Waals surface area contributed by atoms with E-state index >= 15 is 0 Å². The molecular formula is C14H16N4OS. The zero-order valence-electron chi connectivity index (χ0n) is 11.5. The Labute approximate surface area is 121 Å². The van der Waals surface area contributed by atoms with E-state index in [1.165, 1.54) is 11.3 Å². The van der Waals surface area contributed by atoms with Crippen LogP contribution in [0, 0.1) is 6.92 Å². The second-order valence-electron chi connectivity index (χ2n) is 4.82. The molecule has 1 aliphatic rings. The van der Waals surface area contributed by atoms with Gasteiger partial charge in [-0.1, -0.05) is 0 Å². The molecule has 0 fully saturated rings. The van der Waals surface area contributed by atoms with E-state index < -0.39 is 0 Å². The molecule has 104 valence electrons. The lowest BCUT2D eigenvalue weighted by Crippen LogP contribution is -2.14. The van der Waals surface area contributed by atoms with Crippen molar-refractivity contribution in [3.05, 3.63) is 34.1 Å². The molecule has 0 saturated heterocycles. The van der Waals surface area contributed by atoms with Crippen molar-refractivity contribution in [2.75, 3.05) is 17.7 Å². The first-order valence-electron chi connectivity index (χ1n) is 6.61. The summed E-state index contributed by atoms with van der Waals surface area (Å²) < 4.78 is 0. The maximum absolute atomic E-state index is 12.3. The third kappa shape index (κ3) is 2.38. The smallest absolute Gasteiger partial charge is 0.261 e. The number of pyridine rings is 1. The Morgan fingerprint density at radius 1 is 1.40 bits per heavy atom. The molecule has 1 amide bonds. The van der Waals surface area contributed by atoms with Gasteiger partial charge in [-0.25, -0.2) is 4.98 Å². The van der Waals surface area contributed by atoms with Gasteiger partial charge < -0.3 is 5.32 Å². The predicted octanol–water partition coefficient (Wildman–Crippen LogP) is 2.63. The van der Waals surface area contributed by atoms with Gasteiger partial charge >= 0.3 is 0 Å². The average Bonchev–Trinajstić information content (AvgIpc) is 2.99. The van der Waals surface area contributed by atoms with Gasteiger partial charge in [0.2, 0.25) is 0 Å². The van der Waals surface area contributed by atoms with Crippen molar-refractivity contribution >= 4 is 28.1 Å². The highest BCUT2D eigenvalue weighted by Gasteiger charge is 2.19. The average molecular weight is 288 g/mol. The third-order valence-corrected chi connectivity index (χ3v) is 4.44. The van der Waals surface area contributed by atoms with E-state index in [-0.39, 0.29) is 5.91 Å². The Bertz CT molecular complexity index is 644. The summed E-state index contributed by atoms with van der Waals surface area (Å²) in [6.45, 7) is 1.90. The number of fused-ring (bicyclic) bond motifs is 1. The maximum atomic E-state index is 12.3. The summed E-state index contributed by atoms with van der Waals surface area (Å²) in [6, 6.07) is 1.86. The standard InChI is InChI=1S/C14H16N4OS/c1-8-6-11(15-2)9(7-16-8)13(19)18-14-17-10-4-3-5-12(10)20-14/h6-7H,3-5H2,1-2H3,(H,15,16)(H,17,18,19). The topological polar surface area (TPSA) is 66.9 Å². The Balaban J connectivity index is 1.82. The molecule has 2 aromatic rings. The zero-order valence-corrected chi connectivity index (χ0v) is 12.3. The van der Waals surface area contributed by atoms with E-state index in [4.69, 9.17) is 0 Å². The summed E-state index contributed by atoms with van der Waals surface area (Å²) in [4.78, 5) is 22.3. The molecule has 2 heterocycles. The highest BCUT2D eigenvalue weighted by molar-refractivity contribution is 7.16. The van der Waals surface area contributed by atoms with Crippen molar-refractivity contribution in [1.82, 2.24) is 9.97 Å². The normalized spacial score (nSPS) is 13.1. The van der Waals surface area contributed by atoms with Gasteiger partial charge in [0.15, 0.2) is 5.13 Å². The van der Waals surface area contributed by atoms with Crippen LogP contribution in [-0.4, -0.2) is 22.9 Å². The van der Waals surface area contributed by atoms with Crippen LogP contribution in [0.15, 0.2) is 12.3 Å². The number of thiazole rings is 1. The molecule has 2 aromatic heterocycles. The summed E-state index contributed by atoms with van der Waals surface area (Å²) in [5.74, 6) is -0.172. The largest absolute Gasteiger partial charge is 0.387 e. The summed E-state index contributed by atoms with van der Waals surface area (Å²) >= 11 is 1.58. The predicted molar refractivity (Wildman–Crippen MR) is 80.6 cm³/mol. The molecular weight excluding hydrogens is 272 g/mol. The first kappa shape index (κ1) is 13.1. The lowest BCUT2D eigenvalue weighted by molar-refractivity contribution is 0.102. The minimum atomic E-state index is -0.172. The quantitative estimate of drug-likeness (QED) is 0.911. The summed E-state index contributed by atoms with van der Waals surface area (Å²) in [5.41, 5.74) is 3.33. The Morgan fingerprint density at radius 2 is 2.25 bits per heavy atom. The third-order valence-electron chi connectivity index (χ3n) is 3.37. The maximum Gasteiger partial charge on any atom is 0.261 e. The second-order valence-corrected chi connectivity index (χ2v) is 5.90. The van der Waals surface area contributed by atoms with Crippen LogP contribution < -0.4 is 10.6 Å². The minimum Gasteiger partial charge on any atom is -0.387 e. The van der Waals surface area contributed by atoms with E-state index in [0.29, 0.717) is 10.7 Å². The number of aryl methyl sites for hydroxylation is 3. The van der Waals surface area contributed by atoms with Gasteiger partial charge in [0.05, 0.1) is 16.9 Å². The van der Waals surface area contributed by atoms with E-state index in [9.17, 15) is 4.79 Å². The number of rotatable bonds is 3. The number of aromatic nitrogens is 2. The van der Waals surface area contributed by atoms with Crippen molar-refractivity contribution in [2.24, 2.45) is 0 Å². The lowest BCUT2D eigenvalue weighted by Gasteiger charge is -2.08. The number of hydrogen-bond donors (Lipinski definition) is 2. The Hall–Kier alpha value is -1.95. The summed E-state index contributed by atoms with van der Waals surface area (Å²) in [5, 5.41) is 6.58. The van der Waals surface area contributed by atoms with Crippen molar-refractivity contribution in [1.29, 1.82) is 0 Å². The fourth-order valence-electron chi connectivity index (χ4n) is 2.36. The number of amides is 1. The van der Waals surface area contributed by atoms with Crippen LogP contribution in [0.3, 0.4) is 0 Å². The monoisotopic (exact) mass is 288 g/mol. The fraction of sp³-hybridized carbons (Fsp3) is 0.357. The van der Waals surface area contributed by atoms with Crippen LogP contribution in [0.4, 0.5) is 10.8 Å². The van der Waals surface area contributed by atoms with E-state index in [1.807, 2.05) is 13.0 Å². The zero-order chi connectivity index (χ0) is 14.1. The molecule has 0 radical (unpaired) electrons. The number of carbonyl (C=O) groups excluding carboxylic acids is 1. The molecule has 0 aliphatic heterocycles. The minimum absolute atomic E-state index is 0.172. The molecule has 0 saturated carbocycles. The van der Waals surface area contributed by atoms with E-state index in [2.05, 4.69) is 20.6 Å². The summed E-state index contributed by atoms with van der Waals surface area (Å²) in [7, 11) is 1.80. The van der Waals surface area contributed by atoms with Crippen molar-refractivity contribution in [2.45, 2.75) is 26.2 Å². The van der Waals surface area contributed by atoms with Gasteiger partial charge in [0.1, 0.15) is 0 Å². The van der Waals surface area contributed by atoms with Crippen molar-refractivity contribution in [3.63, 3.8) is 0 Å². The van der Waals surface area contributed by atoms with Crippen LogP contribution in [-0.2, 0) is 12.8 Å². The second kappa shape index (κ2) is 5.20. The number of hydrogen-bond acceptors (Lipinski definition) is 5. The number of nitrogens with one attached hydrogen (secondary N) is 2. The number of anilines is 2. The molecule has 3 rings (SSSR count). The molecule has 0 atom stereocenters. The lowest BCUT2D eigenvalue weighted by atomic mass is 10.2. The van der Waals surface area contributed by atoms with Gasteiger partial charge in [-0.2, -0.15) is 0 Å². The Morgan fingerprint density at radius 3 is 3.00 bits per heavy atom. The van der Waals surface area contributed by atoms with E-state index in [1.54, 1.807) is 24.6 Å². The van der Waals surface area contributed by atoms with Crippen molar-refractivity contribution in [3.8, 4) is 0 Å². The van der Waals surface area contributed by atoms with Gasteiger partial charge in [0, 0.05) is 23.8 Å². The molecule has 0 spiro atoms. The first-order valence-corrected chi connectivity index (χ1v) is 7.43. The first-order chi connectivity index (χ1) is 9.67. The molecule has 20 heavy (non-hydrogen) atoms. The fourth-order valence-corrected chi connectivity index (χ4v) is 3.40. The highest BCUT2D eigenvalue weighted by Crippen LogP contribution is 2.30. The van der Waals surface area contributed by atoms with Gasteiger partial charge in [-0.05, 0) is 32.3 Å². The molecule has 1 aliphatic carbocycles. The molecule has 5 nitrogen and oxygen atoms in total. The number of nitrogens with zero attached hydrogens (tertiary/aromatic N) is 2. The van der Waals surface area contributed by atoms with Crippen LogP contribution in [0.5, 0.6) is 0 Å². The van der Waals surface area contributed by atoms with Gasteiger partial charge in [-0.15, -0.1) is 11.3 Å². The SMILES string of the molecule is CNc1cc(C)ncc1C(=O)Nc1nc2c(s1)CCC2. The van der Waals surface area contributed by atoms with Crippen LogP contribution in [0.1, 0.15) is 33.0 Å². The molecule has 0 unspecified atom stereocenters. The Kier molecular flexibility index (Phi) is 3.40.